The highest BCUT2D eigenvalue weighted by atomic mass is 35.5. The number of hydrogen-bond acceptors (Lipinski definition) is 5. The van der Waals surface area contributed by atoms with Crippen LogP contribution in [0.3, 0.4) is 0 Å². The van der Waals surface area contributed by atoms with Gasteiger partial charge in [-0.3, -0.25) is 0 Å². The highest BCUT2D eigenvalue weighted by molar-refractivity contribution is 7.14. The van der Waals surface area contributed by atoms with Crippen molar-refractivity contribution in [1.29, 1.82) is 0 Å². The van der Waals surface area contributed by atoms with Gasteiger partial charge in [-0.15, -0.1) is 22.7 Å². The molecule has 0 atom stereocenters. The quantitative estimate of drug-likeness (QED) is 0.0693. The van der Waals surface area contributed by atoms with Gasteiger partial charge in [-0.25, -0.2) is 0 Å². The number of thiophene rings is 2. The third kappa shape index (κ3) is 11.5. The normalized spacial score (nSPS) is 11.7. The van der Waals surface area contributed by atoms with E-state index in [1.54, 1.807) is 11.3 Å². The second-order valence-corrected chi connectivity index (χ2v) is 15.5. The maximum atomic E-state index is 7.01. The Morgan fingerprint density at radius 2 is 0.955 bits per heavy atom. The molecule has 2 nitrogen and oxygen atoms in total. The zero-order valence-corrected chi connectivity index (χ0v) is 30.6. The van der Waals surface area contributed by atoms with Gasteiger partial charge in [-0.1, -0.05) is 141 Å². The van der Waals surface area contributed by atoms with E-state index in [-0.39, 0.29) is 0 Å². The van der Waals surface area contributed by atoms with E-state index in [1.165, 1.54) is 161 Å². The van der Waals surface area contributed by atoms with E-state index in [4.69, 9.17) is 20.3 Å². The highest BCUT2D eigenvalue weighted by Crippen LogP contribution is 2.43. The Balaban J connectivity index is 1.25. The Morgan fingerprint density at radius 1 is 0.523 bits per heavy atom. The van der Waals surface area contributed by atoms with Gasteiger partial charge in [-0.05, 0) is 65.8 Å². The number of unbranched alkanes of at least 4 members (excludes halogenated alkanes) is 18. The Labute approximate surface area is 285 Å². The van der Waals surface area contributed by atoms with Crippen molar-refractivity contribution in [3.63, 3.8) is 0 Å². The number of fused-ring (bicyclic) bond motifs is 1. The van der Waals surface area contributed by atoms with Crippen LogP contribution in [-0.2, 0) is 12.8 Å². The molecule has 44 heavy (non-hydrogen) atoms. The Bertz CT molecular complexity index is 1340. The molecule has 0 N–H and O–H groups in total. The molecule has 0 fully saturated rings. The fourth-order valence-corrected chi connectivity index (χ4v) is 9.15. The molecule has 0 unspecified atom stereocenters. The highest BCUT2D eigenvalue weighted by Gasteiger charge is 2.19. The molecule has 4 rings (SSSR count). The Hall–Kier alpha value is -1.27. The first kappa shape index (κ1) is 35.6. The minimum atomic E-state index is 0.789. The zero-order chi connectivity index (χ0) is 30.8. The molecule has 0 aliphatic rings. The molecule has 0 amide bonds. The Morgan fingerprint density at radius 3 is 1.48 bits per heavy atom. The molecule has 0 saturated heterocycles. The molecular weight excluding hydrogens is 616 g/mol. The number of benzene rings is 1. The maximum Gasteiger partial charge on any atom is 0.115 e. The fraction of sp³-hybridized carbons (Fsp3) is 0.632. The third-order valence-electron chi connectivity index (χ3n) is 8.95. The van der Waals surface area contributed by atoms with Gasteiger partial charge in [-0.2, -0.15) is 8.75 Å². The lowest BCUT2D eigenvalue weighted by Gasteiger charge is -2.07. The predicted octanol–water partition coefficient (Wildman–Crippen LogP) is 14.7. The van der Waals surface area contributed by atoms with Gasteiger partial charge in [0.05, 0.1) is 16.8 Å². The van der Waals surface area contributed by atoms with Gasteiger partial charge >= 0.3 is 0 Å². The van der Waals surface area contributed by atoms with E-state index >= 15 is 0 Å². The summed E-state index contributed by atoms with van der Waals surface area (Å²) in [5, 5.41) is 5.44. The van der Waals surface area contributed by atoms with Crippen molar-refractivity contribution in [3.05, 3.63) is 45.1 Å². The van der Waals surface area contributed by atoms with Crippen LogP contribution in [0.4, 0.5) is 0 Å². The zero-order valence-electron chi connectivity index (χ0n) is 27.4. The first-order valence-electron chi connectivity index (χ1n) is 17.8. The molecule has 0 saturated carbocycles. The van der Waals surface area contributed by atoms with Gasteiger partial charge in [0.15, 0.2) is 0 Å². The molecule has 0 spiro atoms. The van der Waals surface area contributed by atoms with E-state index in [2.05, 4.69) is 42.8 Å². The van der Waals surface area contributed by atoms with E-state index in [1.807, 2.05) is 11.3 Å². The largest absolute Gasteiger partial charge is 0.172 e. The van der Waals surface area contributed by atoms with Crippen molar-refractivity contribution in [3.8, 4) is 20.9 Å². The standard InChI is InChI=1S/C38H55ClN2S3/c1-3-5-7-9-11-13-15-17-19-21-23-30-25-34(42-28-30)32-27-33(39)36(38-37(32)40-44-41-38)35-26-31(29-43-35)24-22-20-18-16-14-12-10-8-6-4-2/h25-29H,3-24H2,1-2H3. The van der Waals surface area contributed by atoms with Gasteiger partial charge < -0.3 is 0 Å². The SMILES string of the molecule is CCCCCCCCCCCCc1csc(-c2cc(Cl)c(-c3cc(CCCCCCCCCCCC)cs3)c3nsnc23)c1. The fourth-order valence-electron chi connectivity index (χ4n) is 6.25. The number of rotatable bonds is 24. The van der Waals surface area contributed by atoms with Gasteiger partial charge in [0.2, 0.25) is 0 Å². The summed E-state index contributed by atoms with van der Waals surface area (Å²) in [5.41, 5.74) is 7.00. The van der Waals surface area contributed by atoms with Crippen molar-refractivity contribution in [2.45, 2.75) is 155 Å². The summed E-state index contributed by atoms with van der Waals surface area (Å²) in [6.07, 6.45) is 29.9. The van der Waals surface area contributed by atoms with Crippen LogP contribution in [0.5, 0.6) is 0 Å². The summed E-state index contributed by atoms with van der Waals surface area (Å²) in [5.74, 6) is 0. The van der Waals surface area contributed by atoms with Crippen LogP contribution < -0.4 is 0 Å². The summed E-state index contributed by atoms with van der Waals surface area (Å²) < 4.78 is 9.50. The molecule has 4 aromatic rings. The molecular formula is C38H55ClN2S3. The minimum absolute atomic E-state index is 0.789. The summed E-state index contributed by atoms with van der Waals surface area (Å²) in [4.78, 5) is 2.47. The number of aromatic nitrogens is 2. The van der Waals surface area contributed by atoms with Crippen LogP contribution >= 0.6 is 46.0 Å². The van der Waals surface area contributed by atoms with Crippen molar-refractivity contribution in [2.75, 3.05) is 0 Å². The van der Waals surface area contributed by atoms with E-state index in [0.29, 0.717) is 0 Å². The van der Waals surface area contributed by atoms with Crippen LogP contribution in [-0.4, -0.2) is 8.75 Å². The van der Waals surface area contributed by atoms with Crippen molar-refractivity contribution >= 4 is 57.0 Å². The Kier molecular flexibility index (Phi) is 16.8. The molecule has 0 bridgehead atoms. The van der Waals surface area contributed by atoms with Crippen LogP contribution in [0.2, 0.25) is 5.02 Å². The number of nitrogens with zero attached hydrogens (tertiary/aromatic N) is 2. The topological polar surface area (TPSA) is 25.8 Å². The molecule has 6 heteroatoms. The first-order chi connectivity index (χ1) is 21.7. The lowest BCUT2D eigenvalue weighted by molar-refractivity contribution is 0.556. The number of halogens is 1. The molecule has 0 radical (unpaired) electrons. The summed E-state index contributed by atoms with van der Waals surface area (Å²) >= 11 is 11.9. The summed E-state index contributed by atoms with van der Waals surface area (Å²) in [6.45, 7) is 4.58. The first-order valence-corrected chi connectivity index (χ1v) is 20.7. The molecule has 3 aromatic heterocycles. The lowest BCUT2D eigenvalue weighted by Crippen LogP contribution is -1.86. The van der Waals surface area contributed by atoms with E-state index in [0.717, 1.165) is 40.0 Å². The average molecular weight is 672 g/mol. The van der Waals surface area contributed by atoms with Crippen molar-refractivity contribution in [2.24, 2.45) is 0 Å². The van der Waals surface area contributed by atoms with E-state index < -0.39 is 0 Å². The molecule has 3 heterocycles. The van der Waals surface area contributed by atoms with E-state index in [9.17, 15) is 0 Å². The second-order valence-electron chi connectivity index (χ2n) is 12.7. The van der Waals surface area contributed by atoms with Gasteiger partial charge in [0.25, 0.3) is 0 Å². The van der Waals surface area contributed by atoms with Crippen LogP contribution in [0.1, 0.15) is 153 Å². The van der Waals surface area contributed by atoms with Crippen LogP contribution in [0, 0.1) is 0 Å². The second kappa shape index (κ2) is 20.8. The molecule has 0 aliphatic heterocycles. The average Bonchev–Trinajstić information content (AvgIpc) is 3.81. The smallest absolute Gasteiger partial charge is 0.115 e. The molecule has 242 valence electrons. The molecule has 1 aromatic carbocycles. The number of aryl methyl sites for hydroxylation is 2. The van der Waals surface area contributed by atoms with Gasteiger partial charge in [0.1, 0.15) is 11.0 Å². The summed E-state index contributed by atoms with van der Waals surface area (Å²) in [6, 6.07) is 6.84. The van der Waals surface area contributed by atoms with Crippen molar-refractivity contribution < 1.29 is 0 Å². The number of hydrogen-bond donors (Lipinski definition) is 0. The molecule has 0 aliphatic carbocycles. The monoisotopic (exact) mass is 670 g/mol. The minimum Gasteiger partial charge on any atom is -0.172 e. The predicted molar refractivity (Wildman–Crippen MR) is 200 cm³/mol. The lowest BCUT2D eigenvalue weighted by atomic mass is 10.0. The van der Waals surface area contributed by atoms with Crippen LogP contribution in [0.25, 0.3) is 31.9 Å². The maximum absolute atomic E-state index is 7.01. The van der Waals surface area contributed by atoms with Gasteiger partial charge in [0, 0.05) is 20.9 Å². The summed E-state index contributed by atoms with van der Waals surface area (Å²) in [7, 11) is 0. The third-order valence-corrected chi connectivity index (χ3v) is 11.8. The van der Waals surface area contributed by atoms with Crippen LogP contribution in [0.15, 0.2) is 29.0 Å². The van der Waals surface area contributed by atoms with Crippen molar-refractivity contribution in [1.82, 2.24) is 8.75 Å².